The van der Waals surface area contributed by atoms with E-state index >= 15 is 0 Å². The van der Waals surface area contributed by atoms with Crippen molar-refractivity contribution in [2.24, 2.45) is 0 Å². The van der Waals surface area contributed by atoms with E-state index in [0.29, 0.717) is 31.2 Å². The minimum absolute atomic E-state index is 0.0504. The van der Waals surface area contributed by atoms with Crippen molar-refractivity contribution in [3.8, 4) is 11.3 Å². The maximum absolute atomic E-state index is 13.6. The Hall–Kier alpha value is -4.08. The predicted octanol–water partition coefficient (Wildman–Crippen LogP) is 2.61. The molecule has 37 heavy (non-hydrogen) atoms. The molecule has 0 spiro atoms. The van der Waals surface area contributed by atoms with Gasteiger partial charge >= 0.3 is 11.6 Å². The zero-order valence-corrected chi connectivity index (χ0v) is 22.0. The van der Waals surface area contributed by atoms with Crippen molar-refractivity contribution < 1.29 is 14.2 Å². The Morgan fingerprint density at radius 2 is 1.86 bits per heavy atom. The molecular weight excluding hydrogens is 468 g/mol. The number of imidazole rings is 1. The van der Waals surface area contributed by atoms with Crippen LogP contribution in [0.4, 0.5) is 0 Å². The molecule has 1 unspecified atom stereocenters. The number of nitrogens with one attached hydrogen (secondary N) is 1. The average Bonchev–Trinajstić information content (AvgIpc) is 3.51. The van der Waals surface area contributed by atoms with Gasteiger partial charge in [-0.25, -0.2) is 4.98 Å². The molecule has 10 nitrogen and oxygen atoms in total. The molecule has 0 bridgehead atoms. The minimum atomic E-state index is -0.770. The molecule has 2 amide bonds. The van der Waals surface area contributed by atoms with E-state index in [2.05, 4.69) is 77.8 Å². The summed E-state index contributed by atoms with van der Waals surface area (Å²) in [5.74, 6) is 0.437. The molecule has 0 saturated carbocycles. The van der Waals surface area contributed by atoms with Gasteiger partial charge in [-0.2, -0.15) is 4.57 Å². The second-order valence-corrected chi connectivity index (χ2v) is 11.3. The van der Waals surface area contributed by atoms with Crippen molar-refractivity contribution in [1.82, 2.24) is 34.6 Å². The van der Waals surface area contributed by atoms with Crippen LogP contribution in [0, 0.1) is 13.8 Å². The van der Waals surface area contributed by atoms with Gasteiger partial charge in [0.15, 0.2) is 6.20 Å². The van der Waals surface area contributed by atoms with Gasteiger partial charge in [0.25, 0.3) is 5.91 Å². The molecule has 6 rings (SSSR count). The molecule has 2 aliphatic rings. The monoisotopic (exact) mass is 499 g/mol. The zero-order chi connectivity index (χ0) is 26.3. The number of carbonyl (C=O) groups excluding carboxylic acids is 2. The number of H-pyrrole nitrogens is 1. The number of amides is 2. The molecule has 1 saturated heterocycles. The van der Waals surface area contributed by atoms with Crippen molar-refractivity contribution in [1.29, 1.82) is 0 Å². The van der Waals surface area contributed by atoms with Crippen molar-refractivity contribution in [2.45, 2.75) is 52.6 Å². The average molecular weight is 500 g/mol. The SMILES string of the molecule is Cc1ccc(-c2cc(C(C)(C)C)c3n(cc4[n+]3C3(C)CN(C(=O)c5n[nH]c(C)n5)CCN3C4=O)n2)cc1. The molecule has 1 N–H and O–H groups in total. The largest absolute Gasteiger partial charge is 0.328 e. The van der Waals surface area contributed by atoms with Gasteiger partial charge in [-0.15, -0.1) is 5.10 Å². The Morgan fingerprint density at radius 3 is 2.51 bits per heavy atom. The van der Waals surface area contributed by atoms with E-state index in [4.69, 9.17) is 5.10 Å². The van der Waals surface area contributed by atoms with Gasteiger partial charge < -0.3 is 4.90 Å². The molecule has 3 aromatic heterocycles. The molecule has 190 valence electrons. The van der Waals surface area contributed by atoms with Crippen LogP contribution in [-0.4, -0.2) is 66.0 Å². The normalized spacial score (nSPS) is 19.5. The van der Waals surface area contributed by atoms with Crippen LogP contribution in [0.1, 0.15) is 65.8 Å². The highest BCUT2D eigenvalue weighted by atomic mass is 16.2. The first-order chi connectivity index (χ1) is 17.5. The number of benzene rings is 1. The molecule has 2 aliphatic heterocycles. The minimum Gasteiger partial charge on any atom is -0.328 e. The number of hydrogen-bond donors (Lipinski definition) is 1. The number of rotatable bonds is 2. The van der Waals surface area contributed by atoms with E-state index in [0.717, 1.165) is 22.5 Å². The van der Waals surface area contributed by atoms with E-state index in [1.54, 1.807) is 11.8 Å². The highest BCUT2D eigenvalue weighted by molar-refractivity contribution is 5.94. The molecule has 5 heterocycles. The standard InChI is InChI=1S/C27H30N8O2/c1-16-7-9-18(10-8-16)20-13-19(26(3,4)5)23-34(31-20)14-21-24(36)33-12-11-32(15-27(33,6)35(21)23)25(37)22-28-17(2)29-30-22/h7-10,13-14H,11-12,15H2,1-6H3/p+1. The molecule has 1 atom stereocenters. The third-order valence-electron chi connectivity index (χ3n) is 7.49. The second-order valence-electron chi connectivity index (χ2n) is 11.3. The van der Waals surface area contributed by atoms with Crippen molar-refractivity contribution in [3.63, 3.8) is 0 Å². The Kier molecular flexibility index (Phi) is 4.86. The third kappa shape index (κ3) is 3.46. The van der Waals surface area contributed by atoms with Gasteiger partial charge in [-0.1, -0.05) is 60.2 Å². The molecule has 10 heteroatoms. The maximum Gasteiger partial charge on any atom is 0.313 e. The number of fused-ring (bicyclic) bond motifs is 5. The van der Waals surface area contributed by atoms with Crippen LogP contribution in [0.15, 0.2) is 36.5 Å². The molecule has 4 aromatic rings. The number of carbonyl (C=O) groups is 2. The predicted molar refractivity (Wildman–Crippen MR) is 136 cm³/mol. The summed E-state index contributed by atoms with van der Waals surface area (Å²) in [5, 5.41) is 11.7. The fraction of sp³-hybridized carbons (Fsp3) is 0.407. The summed E-state index contributed by atoms with van der Waals surface area (Å²) in [6.45, 7) is 13.5. The van der Waals surface area contributed by atoms with Crippen LogP contribution >= 0.6 is 0 Å². The fourth-order valence-electron chi connectivity index (χ4n) is 5.56. The molecular formula is C27H31N8O2+. The van der Waals surface area contributed by atoms with E-state index < -0.39 is 5.66 Å². The van der Waals surface area contributed by atoms with Crippen molar-refractivity contribution in [3.05, 3.63) is 65.0 Å². The van der Waals surface area contributed by atoms with Crippen LogP contribution in [0.2, 0.25) is 0 Å². The van der Waals surface area contributed by atoms with Crippen molar-refractivity contribution in [2.75, 3.05) is 19.6 Å². The number of nitrogens with zero attached hydrogens (tertiary/aromatic N) is 7. The van der Waals surface area contributed by atoms with Crippen LogP contribution in [0.25, 0.3) is 16.9 Å². The molecule has 0 radical (unpaired) electrons. The van der Waals surface area contributed by atoms with Gasteiger partial charge in [-0.3, -0.25) is 19.6 Å². The van der Waals surface area contributed by atoms with Crippen molar-refractivity contribution >= 4 is 17.5 Å². The lowest BCUT2D eigenvalue weighted by Gasteiger charge is -2.42. The molecule has 1 aromatic carbocycles. The van der Waals surface area contributed by atoms with Crippen LogP contribution in [0.3, 0.4) is 0 Å². The summed E-state index contributed by atoms with van der Waals surface area (Å²) in [5.41, 5.74) is 4.57. The zero-order valence-electron chi connectivity index (χ0n) is 22.0. The summed E-state index contributed by atoms with van der Waals surface area (Å²) >= 11 is 0. The van der Waals surface area contributed by atoms with Gasteiger partial charge in [0, 0.05) is 25.6 Å². The van der Waals surface area contributed by atoms with E-state index in [9.17, 15) is 9.59 Å². The number of piperazine rings is 1. The Balaban J connectivity index is 1.51. The summed E-state index contributed by atoms with van der Waals surface area (Å²) in [6, 6.07) is 10.4. The fourth-order valence-corrected chi connectivity index (χ4v) is 5.56. The number of hydrogen-bond acceptors (Lipinski definition) is 5. The summed E-state index contributed by atoms with van der Waals surface area (Å²) < 4.78 is 3.91. The number of aromatic nitrogens is 6. The molecule has 0 aliphatic carbocycles. The van der Waals surface area contributed by atoms with Gasteiger partial charge in [-0.05, 0) is 25.3 Å². The van der Waals surface area contributed by atoms with Gasteiger partial charge in [0.1, 0.15) is 11.5 Å². The van der Waals surface area contributed by atoms with E-state index in [1.807, 2.05) is 22.5 Å². The summed E-state index contributed by atoms with van der Waals surface area (Å²) in [6.07, 6.45) is 1.83. The highest BCUT2D eigenvalue weighted by Crippen LogP contribution is 2.35. The third-order valence-corrected chi connectivity index (χ3v) is 7.49. The van der Waals surface area contributed by atoms with Crippen LogP contribution < -0.4 is 4.57 Å². The maximum atomic E-state index is 13.6. The first-order valence-electron chi connectivity index (χ1n) is 12.5. The Labute approximate surface area is 214 Å². The first-order valence-corrected chi connectivity index (χ1v) is 12.5. The van der Waals surface area contributed by atoms with E-state index in [1.165, 1.54) is 5.56 Å². The lowest BCUT2D eigenvalue weighted by molar-refractivity contribution is -0.749. The number of aryl methyl sites for hydroxylation is 2. The van der Waals surface area contributed by atoms with Gasteiger partial charge in [0.05, 0.1) is 12.1 Å². The second kappa shape index (κ2) is 7.71. The quantitative estimate of drug-likeness (QED) is 0.427. The van der Waals surface area contributed by atoms with Crippen LogP contribution in [-0.2, 0) is 11.1 Å². The summed E-state index contributed by atoms with van der Waals surface area (Å²) in [4.78, 5) is 34.7. The topological polar surface area (TPSA) is 103 Å². The molecule has 1 fully saturated rings. The highest BCUT2D eigenvalue weighted by Gasteiger charge is 2.57. The Bertz CT molecular complexity index is 1580. The Morgan fingerprint density at radius 1 is 1.14 bits per heavy atom. The lowest BCUT2D eigenvalue weighted by Crippen LogP contribution is -2.69. The smallest absolute Gasteiger partial charge is 0.313 e. The van der Waals surface area contributed by atoms with Gasteiger partial charge in [0.2, 0.25) is 17.2 Å². The first kappa shape index (κ1) is 23.3. The lowest BCUT2D eigenvalue weighted by atomic mass is 9.87. The van der Waals surface area contributed by atoms with E-state index in [-0.39, 0.29) is 23.1 Å². The summed E-state index contributed by atoms with van der Waals surface area (Å²) in [7, 11) is 0. The number of aromatic amines is 1. The van der Waals surface area contributed by atoms with Crippen LogP contribution in [0.5, 0.6) is 0 Å².